The minimum atomic E-state index is -1.57. The van der Waals surface area contributed by atoms with Crippen molar-refractivity contribution in [2.45, 2.75) is 113 Å². The number of hydrogen-bond donors (Lipinski definition) is 1. The van der Waals surface area contributed by atoms with Gasteiger partial charge in [0.2, 0.25) is 0 Å². The number of hydrogen-bond acceptors (Lipinski definition) is 1. The van der Waals surface area contributed by atoms with Gasteiger partial charge in [0.05, 0.1) is 0 Å². The average Bonchev–Trinajstić information content (AvgIpc) is 2.58. The van der Waals surface area contributed by atoms with E-state index in [9.17, 15) is 0 Å². The molecule has 0 aromatic heterocycles. The molecule has 0 amide bonds. The Labute approximate surface area is 149 Å². The van der Waals surface area contributed by atoms with Gasteiger partial charge in [0.15, 0.2) is 0 Å². The van der Waals surface area contributed by atoms with Crippen LogP contribution in [0.3, 0.4) is 0 Å². The fraction of sp³-hybridized carbons (Fsp3) is 0.947. The van der Waals surface area contributed by atoms with Crippen molar-refractivity contribution in [2.75, 3.05) is 0 Å². The van der Waals surface area contributed by atoms with E-state index in [0.29, 0.717) is 0 Å². The van der Waals surface area contributed by atoms with Crippen LogP contribution < -0.4 is 0 Å². The van der Waals surface area contributed by atoms with Gasteiger partial charge < -0.3 is 0 Å². The Bertz CT molecular complexity index is 318. The monoisotopic (exact) mass is 358 g/mol. The molecule has 0 nitrogen and oxygen atoms in total. The molecule has 0 spiro atoms. The summed E-state index contributed by atoms with van der Waals surface area (Å²) < 4.78 is 1.25. The van der Waals surface area contributed by atoms with Crippen molar-refractivity contribution in [3.05, 3.63) is 0 Å². The average molecular weight is 359 g/mol. The van der Waals surface area contributed by atoms with E-state index in [1.807, 2.05) is 0 Å². The summed E-state index contributed by atoms with van der Waals surface area (Å²) in [5.74, 6) is 0. The second-order valence-corrected chi connectivity index (χ2v) is 15.0. The molecule has 0 N–H and O–H groups in total. The topological polar surface area (TPSA) is 0 Å². The summed E-state index contributed by atoms with van der Waals surface area (Å²) in [6, 6.07) is 0. The summed E-state index contributed by atoms with van der Waals surface area (Å²) in [5.41, 5.74) is 2.95. The molecule has 3 saturated carbocycles. The van der Waals surface area contributed by atoms with Crippen molar-refractivity contribution in [2.24, 2.45) is 0 Å². The third-order valence-corrected chi connectivity index (χ3v) is 16.0. The standard InChI is InChI=1S/C19H35PS2/c21-19(22)20(16-10-4-1-5-11-16,17-12-6-2-7-13-17)18-14-8-3-9-15-18/h16-18,20H,1-15H2,(H,21,22). The van der Waals surface area contributed by atoms with E-state index in [1.54, 1.807) is 0 Å². The summed E-state index contributed by atoms with van der Waals surface area (Å²) in [6.45, 7) is 0. The normalized spacial score (nSPS) is 27.7. The van der Waals surface area contributed by atoms with Gasteiger partial charge in [-0.05, 0) is 0 Å². The van der Waals surface area contributed by atoms with Gasteiger partial charge in [0, 0.05) is 0 Å². The van der Waals surface area contributed by atoms with E-state index < -0.39 is 7.26 Å². The molecule has 0 aromatic rings. The quantitative estimate of drug-likeness (QED) is 0.322. The van der Waals surface area contributed by atoms with Gasteiger partial charge in [-0.3, -0.25) is 0 Å². The van der Waals surface area contributed by atoms with Gasteiger partial charge in [-0.1, -0.05) is 0 Å². The first-order valence-corrected chi connectivity index (χ1v) is 13.1. The number of thiol groups is 1. The van der Waals surface area contributed by atoms with Gasteiger partial charge >= 0.3 is 149 Å². The Morgan fingerprint density at radius 2 is 0.864 bits per heavy atom. The Morgan fingerprint density at radius 3 is 1.09 bits per heavy atom. The number of thiocarbonyl (C=S) groups is 1. The van der Waals surface area contributed by atoms with Crippen molar-refractivity contribution < 1.29 is 0 Å². The van der Waals surface area contributed by atoms with Crippen LogP contribution in [-0.4, -0.2) is 20.9 Å². The molecule has 3 rings (SSSR count). The zero-order valence-corrected chi connectivity index (χ0v) is 16.9. The minimum absolute atomic E-state index is 0.984. The molecule has 3 fully saturated rings. The van der Waals surface area contributed by atoms with Crippen molar-refractivity contribution in [3.63, 3.8) is 0 Å². The summed E-state index contributed by atoms with van der Waals surface area (Å²) >= 11 is 11.0. The first kappa shape index (κ1) is 17.7. The molecule has 0 saturated heterocycles. The van der Waals surface area contributed by atoms with E-state index in [2.05, 4.69) is 0 Å². The van der Waals surface area contributed by atoms with Crippen molar-refractivity contribution in [1.29, 1.82) is 0 Å². The van der Waals surface area contributed by atoms with Crippen LogP contribution in [0.4, 0.5) is 0 Å². The third kappa shape index (κ3) is 3.45. The molecule has 0 aliphatic heterocycles. The summed E-state index contributed by atoms with van der Waals surface area (Å²) in [4.78, 5) is 0. The van der Waals surface area contributed by atoms with Gasteiger partial charge in [-0.2, -0.15) is 0 Å². The van der Waals surface area contributed by atoms with E-state index >= 15 is 0 Å². The van der Waals surface area contributed by atoms with Crippen LogP contribution in [-0.2, 0) is 0 Å². The predicted octanol–water partition coefficient (Wildman–Crippen LogP) is 6.95. The van der Waals surface area contributed by atoms with Crippen molar-refractivity contribution in [3.8, 4) is 0 Å². The molecule has 3 aliphatic carbocycles. The maximum absolute atomic E-state index is 6.00. The second kappa shape index (κ2) is 8.30. The third-order valence-electron chi connectivity index (χ3n) is 7.21. The molecule has 3 heteroatoms. The first-order valence-electron chi connectivity index (χ1n) is 9.99. The number of rotatable bonds is 4. The molecule has 0 heterocycles. The van der Waals surface area contributed by atoms with E-state index in [1.165, 1.54) is 100 Å². The molecule has 0 radical (unpaired) electrons. The zero-order chi connectivity index (χ0) is 15.4. The molecule has 0 unspecified atom stereocenters. The Balaban J connectivity index is 1.94. The van der Waals surface area contributed by atoms with Crippen LogP contribution in [0.5, 0.6) is 0 Å². The van der Waals surface area contributed by atoms with Gasteiger partial charge in [0.1, 0.15) is 0 Å². The van der Waals surface area contributed by atoms with Crippen LogP contribution in [0.15, 0.2) is 0 Å². The summed E-state index contributed by atoms with van der Waals surface area (Å²) in [7, 11) is -1.57. The van der Waals surface area contributed by atoms with E-state index in [4.69, 9.17) is 24.8 Å². The van der Waals surface area contributed by atoms with Crippen LogP contribution in [0.25, 0.3) is 0 Å². The van der Waals surface area contributed by atoms with Crippen LogP contribution in [0.1, 0.15) is 96.3 Å². The molecule has 0 bridgehead atoms. The predicted molar refractivity (Wildman–Crippen MR) is 111 cm³/mol. The maximum atomic E-state index is 6.00. The van der Waals surface area contributed by atoms with Crippen LogP contribution in [0, 0.1) is 0 Å². The van der Waals surface area contributed by atoms with Crippen LogP contribution >= 0.6 is 32.1 Å². The SMILES string of the molecule is S=C(S)[PH](C1CCCCC1)(C1CCCCC1)C1CCCCC1. The molecule has 3 aliphatic rings. The molecule has 128 valence electrons. The molecule has 0 atom stereocenters. The fourth-order valence-electron chi connectivity index (χ4n) is 6.26. The van der Waals surface area contributed by atoms with E-state index in [-0.39, 0.29) is 0 Å². The Hall–Kier alpha value is 0.870. The first-order chi connectivity index (χ1) is 10.8. The van der Waals surface area contributed by atoms with Gasteiger partial charge in [0.25, 0.3) is 0 Å². The summed E-state index contributed by atoms with van der Waals surface area (Å²) in [5, 5.41) is 0. The van der Waals surface area contributed by atoms with Gasteiger partial charge in [-0.25, -0.2) is 0 Å². The molecular weight excluding hydrogens is 323 g/mol. The molecular formula is C19H35PS2. The second-order valence-electron chi connectivity index (χ2n) is 8.24. The molecule has 0 aromatic carbocycles. The summed E-state index contributed by atoms with van der Waals surface area (Å²) in [6.07, 6.45) is 22.1. The van der Waals surface area contributed by atoms with Gasteiger partial charge in [-0.15, -0.1) is 0 Å². The van der Waals surface area contributed by atoms with Crippen LogP contribution in [0.2, 0.25) is 0 Å². The van der Waals surface area contributed by atoms with Crippen molar-refractivity contribution in [1.82, 2.24) is 0 Å². The Kier molecular flexibility index (Phi) is 6.68. The molecule has 22 heavy (non-hydrogen) atoms. The fourth-order valence-corrected chi connectivity index (χ4v) is 16.5. The Morgan fingerprint density at radius 1 is 0.591 bits per heavy atom. The zero-order valence-electron chi connectivity index (χ0n) is 14.2. The van der Waals surface area contributed by atoms with E-state index in [0.717, 1.165) is 17.0 Å². The van der Waals surface area contributed by atoms with Crippen molar-refractivity contribution >= 4 is 36.0 Å².